The van der Waals surface area contributed by atoms with E-state index in [0.29, 0.717) is 6.04 Å². The number of hydrogen-bond acceptors (Lipinski definition) is 4. The van der Waals surface area contributed by atoms with Crippen LogP contribution in [0.1, 0.15) is 6.92 Å². The summed E-state index contributed by atoms with van der Waals surface area (Å²) in [4.78, 5) is 6.59. The highest BCUT2D eigenvalue weighted by Gasteiger charge is 2.13. The zero-order valence-corrected chi connectivity index (χ0v) is 10.7. The van der Waals surface area contributed by atoms with Gasteiger partial charge >= 0.3 is 0 Å². The van der Waals surface area contributed by atoms with Crippen molar-refractivity contribution in [3.8, 4) is 0 Å². The van der Waals surface area contributed by atoms with Crippen LogP contribution < -0.4 is 10.2 Å². The third kappa shape index (κ3) is 2.70. The molecule has 0 amide bonds. The van der Waals surface area contributed by atoms with Crippen molar-refractivity contribution < 1.29 is 0 Å². The maximum atomic E-state index is 4.50. The molecule has 1 atom stereocenters. The molecular formula is C12H17N3S. The lowest BCUT2D eigenvalue weighted by atomic mass is 10.2. The molecule has 0 bridgehead atoms. The normalized spacial score (nSPS) is 19.4. The first-order valence-corrected chi connectivity index (χ1v) is 6.39. The van der Waals surface area contributed by atoms with Crippen molar-refractivity contribution >= 4 is 28.3 Å². The predicted octanol–water partition coefficient (Wildman–Crippen LogP) is 2.66. The molecule has 0 spiro atoms. The summed E-state index contributed by atoms with van der Waals surface area (Å²) in [6, 6.07) is 8.81. The minimum atomic E-state index is 0.438. The van der Waals surface area contributed by atoms with Gasteiger partial charge in [0.2, 0.25) is 0 Å². The molecule has 0 saturated carbocycles. The Labute approximate surface area is 101 Å². The van der Waals surface area contributed by atoms with Gasteiger partial charge in [0.25, 0.3) is 0 Å². The lowest BCUT2D eigenvalue weighted by Crippen LogP contribution is -2.09. The van der Waals surface area contributed by atoms with Crippen LogP contribution in [0.5, 0.6) is 0 Å². The van der Waals surface area contributed by atoms with Crippen molar-refractivity contribution in [3.05, 3.63) is 24.3 Å². The molecule has 1 aliphatic heterocycles. The molecule has 1 aromatic rings. The van der Waals surface area contributed by atoms with Gasteiger partial charge in [-0.25, -0.2) is 0 Å². The molecule has 1 aliphatic rings. The van der Waals surface area contributed by atoms with E-state index in [2.05, 4.69) is 46.4 Å². The van der Waals surface area contributed by atoms with E-state index < -0.39 is 0 Å². The maximum Gasteiger partial charge on any atom is 0.161 e. The molecule has 1 aromatic carbocycles. The van der Waals surface area contributed by atoms with E-state index in [1.54, 1.807) is 11.8 Å². The lowest BCUT2D eigenvalue weighted by Gasteiger charge is -2.13. The van der Waals surface area contributed by atoms with E-state index in [-0.39, 0.29) is 0 Å². The van der Waals surface area contributed by atoms with E-state index in [1.165, 1.54) is 5.69 Å². The van der Waals surface area contributed by atoms with E-state index in [4.69, 9.17) is 0 Å². The van der Waals surface area contributed by atoms with Gasteiger partial charge in [-0.15, -0.1) is 0 Å². The minimum absolute atomic E-state index is 0.438. The van der Waals surface area contributed by atoms with Gasteiger partial charge in [0.05, 0.1) is 6.04 Å². The second-order valence-electron chi connectivity index (χ2n) is 4.16. The Morgan fingerprint density at radius 3 is 2.50 bits per heavy atom. The van der Waals surface area contributed by atoms with Crippen molar-refractivity contribution in [1.29, 1.82) is 0 Å². The number of thioether (sulfide) groups is 1. The standard InChI is InChI=1S/C12H17N3S/c1-9-8-16-12(13-9)14-10-4-6-11(7-5-10)15(2)3/h4-7,9H,8H2,1-3H3,(H,13,14). The van der Waals surface area contributed by atoms with Crippen molar-refractivity contribution in [2.45, 2.75) is 13.0 Å². The van der Waals surface area contributed by atoms with Crippen LogP contribution in [0, 0.1) is 0 Å². The Kier molecular flexibility index (Phi) is 3.39. The molecule has 0 aromatic heterocycles. The molecule has 1 unspecified atom stereocenters. The zero-order chi connectivity index (χ0) is 11.5. The maximum absolute atomic E-state index is 4.50. The molecule has 0 saturated heterocycles. The van der Waals surface area contributed by atoms with Gasteiger partial charge in [0.15, 0.2) is 5.17 Å². The Morgan fingerprint density at radius 2 is 2.00 bits per heavy atom. The highest BCUT2D eigenvalue weighted by Crippen LogP contribution is 2.21. The van der Waals surface area contributed by atoms with Gasteiger partial charge in [-0.05, 0) is 31.2 Å². The first-order valence-electron chi connectivity index (χ1n) is 5.40. The average Bonchev–Trinajstić information content (AvgIpc) is 2.65. The summed E-state index contributed by atoms with van der Waals surface area (Å²) in [7, 11) is 4.09. The summed E-state index contributed by atoms with van der Waals surface area (Å²) >= 11 is 1.78. The molecular weight excluding hydrogens is 218 g/mol. The highest BCUT2D eigenvalue weighted by molar-refractivity contribution is 8.14. The molecule has 0 radical (unpaired) electrons. The van der Waals surface area contributed by atoms with Crippen molar-refractivity contribution in [3.63, 3.8) is 0 Å². The fourth-order valence-electron chi connectivity index (χ4n) is 1.51. The number of nitrogens with one attached hydrogen (secondary N) is 1. The van der Waals surface area contributed by atoms with Crippen molar-refractivity contribution in [2.75, 3.05) is 30.1 Å². The number of rotatable bonds is 2. The quantitative estimate of drug-likeness (QED) is 0.854. The smallest absolute Gasteiger partial charge is 0.161 e. The van der Waals surface area contributed by atoms with E-state index in [9.17, 15) is 0 Å². The van der Waals surface area contributed by atoms with Gasteiger partial charge in [-0.3, -0.25) is 4.99 Å². The van der Waals surface area contributed by atoms with Gasteiger partial charge in [-0.2, -0.15) is 0 Å². The van der Waals surface area contributed by atoms with Crippen molar-refractivity contribution in [2.24, 2.45) is 4.99 Å². The SMILES string of the molecule is CC1CSC(Nc2ccc(N(C)C)cc2)=N1. The fraction of sp³-hybridized carbons (Fsp3) is 0.417. The second kappa shape index (κ2) is 4.78. The topological polar surface area (TPSA) is 27.6 Å². The number of anilines is 2. The lowest BCUT2D eigenvalue weighted by molar-refractivity contribution is 0.865. The van der Waals surface area contributed by atoms with Crippen LogP contribution in [0.25, 0.3) is 0 Å². The Hall–Kier alpha value is -1.16. The number of amidine groups is 1. The highest BCUT2D eigenvalue weighted by atomic mass is 32.2. The predicted molar refractivity (Wildman–Crippen MR) is 73.7 cm³/mol. The van der Waals surface area contributed by atoms with Crippen LogP contribution in [0.3, 0.4) is 0 Å². The molecule has 0 fully saturated rings. The van der Waals surface area contributed by atoms with Crippen LogP contribution in [-0.4, -0.2) is 31.1 Å². The van der Waals surface area contributed by atoms with Gasteiger partial charge in [0, 0.05) is 31.2 Å². The van der Waals surface area contributed by atoms with Gasteiger partial charge < -0.3 is 10.2 Å². The van der Waals surface area contributed by atoms with Crippen LogP contribution in [0.4, 0.5) is 11.4 Å². The van der Waals surface area contributed by atoms with E-state index >= 15 is 0 Å². The van der Waals surface area contributed by atoms with Crippen LogP contribution in [0.15, 0.2) is 29.3 Å². The number of benzene rings is 1. The molecule has 1 N–H and O–H groups in total. The summed E-state index contributed by atoms with van der Waals surface area (Å²) in [6.07, 6.45) is 0. The first kappa shape index (κ1) is 11.3. The van der Waals surface area contributed by atoms with E-state index in [1.807, 2.05) is 14.1 Å². The Balaban J connectivity index is 2.03. The summed E-state index contributed by atoms with van der Waals surface area (Å²) in [6.45, 7) is 2.14. The largest absolute Gasteiger partial charge is 0.378 e. The van der Waals surface area contributed by atoms with Gasteiger partial charge in [0.1, 0.15) is 0 Å². The van der Waals surface area contributed by atoms with Crippen LogP contribution in [0.2, 0.25) is 0 Å². The average molecular weight is 235 g/mol. The Morgan fingerprint density at radius 1 is 1.31 bits per heavy atom. The Bertz CT molecular complexity index is 384. The molecule has 86 valence electrons. The number of nitrogens with zero attached hydrogens (tertiary/aromatic N) is 2. The third-order valence-electron chi connectivity index (χ3n) is 2.43. The summed E-state index contributed by atoms with van der Waals surface area (Å²) < 4.78 is 0. The summed E-state index contributed by atoms with van der Waals surface area (Å²) in [5.74, 6) is 1.08. The van der Waals surface area contributed by atoms with Gasteiger partial charge in [-0.1, -0.05) is 11.8 Å². The summed E-state index contributed by atoms with van der Waals surface area (Å²) in [5, 5.41) is 4.36. The minimum Gasteiger partial charge on any atom is -0.378 e. The van der Waals surface area contributed by atoms with Crippen molar-refractivity contribution in [1.82, 2.24) is 0 Å². The monoisotopic (exact) mass is 235 g/mol. The first-order chi connectivity index (χ1) is 7.65. The van der Waals surface area contributed by atoms with Crippen LogP contribution in [-0.2, 0) is 0 Å². The molecule has 2 rings (SSSR count). The number of hydrogen-bond donors (Lipinski definition) is 1. The fourth-order valence-corrected chi connectivity index (χ4v) is 2.43. The molecule has 3 nitrogen and oxygen atoms in total. The molecule has 0 aliphatic carbocycles. The second-order valence-corrected chi connectivity index (χ2v) is 5.17. The molecule has 16 heavy (non-hydrogen) atoms. The summed E-state index contributed by atoms with van der Waals surface area (Å²) in [5.41, 5.74) is 2.31. The number of aliphatic imine (C=N–C) groups is 1. The molecule has 4 heteroatoms. The third-order valence-corrected chi connectivity index (χ3v) is 3.56. The van der Waals surface area contributed by atoms with E-state index in [0.717, 1.165) is 16.6 Å². The van der Waals surface area contributed by atoms with Crippen LogP contribution >= 0.6 is 11.8 Å². The molecule has 1 heterocycles. The zero-order valence-electron chi connectivity index (χ0n) is 9.90.